The van der Waals surface area contributed by atoms with E-state index in [4.69, 9.17) is 9.15 Å². The summed E-state index contributed by atoms with van der Waals surface area (Å²) in [5.74, 6) is 1.27. The van der Waals surface area contributed by atoms with Crippen molar-refractivity contribution in [2.75, 3.05) is 20.2 Å². The molecule has 0 radical (unpaired) electrons. The molecule has 0 fully saturated rings. The molecule has 0 amide bonds. The minimum atomic E-state index is -3.64. The molecule has 1 aromatic heterocycles. The van der Waals surface area contributed by atoms with Crippen molar-refractivity contribution in [3.63, 3.8) is 0 Å². The summed E-state index contributed by atoms with van der Waals surface area (Å²) in [6, 6.07) is 12.3. The van der Waals surface area contributed by atoms with Gasteiger partial charge in [0.2, 0.25) is 5.09 Å². The van der Waals surface area contributed by atoms with Crippen molar-refractivity contribution < 1.29 is 17.6 Å². The number of para-hydroxylation sites is 1. The molecule has 0 saturated heterocycles. The Morgan fingerprint density at radius 2 is 1.90 bits per heavy atom. The first-order valence-corrected chi connectivity index (χ1v) is 8.01. The van der Waals surface area contributed by atoms with Gasteiger partial charge in [0.25, 0.3) is 10.0 Å². The number of benzene rings is 1. The molecule has 0 aliphatic heterocycles. The molecular weight excluding hydrogens is 292 g/mol. The van der Waals surface area contributed by atoms with Crippen LogP contribution in [0.2, 0.25) is 0 Å². The second-order valence-electron chi connectivity index (χ2n) is 4.31. The quantitative estimate of drug-likeness (QED) is 0.720. The maximum absolute atomic E-state index is 12.0. The third kappa shape index (κ3) is 4.59. The molecule has 0 aliphatic rings. The zero-order valence-electron chi connectivity index (χ0n) is 11.7. The standard InChI is InChI=1S/C14H18N2O4S/c1-15-11-13-7-8-14(20-13)21(17,18)16-9-10-19-12-5-3-2-4-6-12/h2-8,15-16H,9-11H2,1H3. The van der Waals surface area contributed by atoms with Gasteiger partial charge in [-0.1, -0.05) is 18.2 Å². The van der Waals surface area contributed by atoms with Crippen molar-refractivity contribution in [1.29, 1.82) is 0 Å². The molecule has 0 aliphatic carbocycles. The molecule has 1 aromatic carbocycles. The molecule has 2 rings (SSSR count). The molecule has 6 nitrogen and oxygen atoms in total. The molecule has 1 heterocycles. The van der Waals surface area contributed by atoms with Crippen LogP contribution in [0, 0.1) is 0 Å². The zero-order valence-corrected chi connectivity index (χ0v) is 12.5. The molecule has 0 bridgehead atoms. The molecule has 0 unspecified atom stereocenters. The average molecular weight is 310 g/mol. The maximum atomic E-state index is 12.0. The van der Waals surface area contributed by atoms with Gasteiger partial charge in [-0.05, 0) is 31.3 Å². The van der Waals surface area contributed by atoms with E-state index < -0.39 is 10.0 Å². The Hall–Kier alpha value is -1.83. The van der Waals surface area contributed by atoms with Crippen molar-refractivity contribution in [3.05, 3.63) is 48.2 Å². The molecular formula is C14H18N2O4S. The summed E-state index contributed by atoms with van der Waals surface area (Å²) < 4.78 is 37.1. The van der Waals surface area contributed by atoms with Crippen LogP contribution in [0.5, 0.6) is 5.75 Å². The van der Waals surface area contributed by atoms with Gasteiger partial charge in [-0.25, -0.2) is 13.1 Å². The highest BCUT2D eigenvalue weighted by Crippen LogP contribution is 2.13. The van der Waals surface area contributed by atoms with Crippen molar-refractivity contribution in [1.82, 2.24) is 10.0 Å². The molecule has 0 spiro atoms. The Bertz CT molecular complexity index is 653. The Balaban J connectivity index is 1.83. The minimum absolute atomic E-state index is 0.0903. The lowest BCUT2D eigenvalue weighted by Gasteiger charge is -2.07. The van der Waals surface area contributed by atoms with Crippen LogP contribution >= 0.6 is 0 Å². The maximum Gasteiger partial charge on any atom is 0.274 e. The summed E-state index contributed by atoms with van der Waals surface area (Å²) >= 11 is 0. The third-order valence-electron chi connectivity index (χ3n) is 2.66. The van der Waals surface area contributed by atoms with Gasteiger partial charge < -0.3 is 14.5 Å². The van der Waals surface area contributed by atoms with E-state index in [1.54, 1.807) is 13.1 Å². The fourth-order valence-electron chi connectivity index (χ4n) is 1.70. The van der Waals surface area contributed by atoms with Crippen molar-refractivity contribution in [3.8, 4) is 5.75 Å². The molecule has 21 heavy (non-hydrogen) atoms. The Morgan fingerprint density at radius 1 is 1.14 bits per heavy atom. The van der Waals surface area contributed by atoms with Crippen LogP contribution in [-0.4, -0.2) is 28.6 Å². The predicted molar refractivity (Wildman–Crippen MR) is 78.6 cm³/mol. The molecule has 2 N–H and O–H groups in total. The normalized spacial score (nSPS) is 11.5. The number of furan rings is 1. The molecule has 0 saturated carbocycles. The van der Waals surface area contributed by atoms with Gasteiger partial charge in [-0.2, -0.15) is 0 Å². The monoisotopic (exact) mass is 310 g/mol. The average Bonchev–Trinajstić information content (AvgIpc) is 2.95. The summed E-state index contributed by atoms with van der Waals surface area (Å²) in [4.78, 5) is 0. The van der Waals surface area contributed by atoms with Crippen LogP contribution in [0.15, 0.2) is 52.0 Å². The topological polar surface area (TPSA) is 80.6 Å². The van der Waals surface area contributed by atoms with Crippen LogP contribution < -0.4 is 14.8 Å². The van der Waals surface area contributed by atoms with Gasteiger partial charge in [0, 0.05) is 6.54 Å². The van der Waals surface area contributed by atoms with Crippen molar-refractivity contribution in [2.24, 2.45) is 0 Å². The Kier molecular flexibility index (Phi) is 5.38. The van der Waals surface area contributed by atoms with Gasteiger partial charge >= 0.3 is 0 Å². The fraction of sp³-hybridized carbons (Fsp3) is 0.286. The summed E-state index contributed by atoms with van der Waals surface area (Å²) in [5.41, 5.74) is 0. The number of ether oxygens (including phenoxy) is 1. The zero-order chi connectivity index (χ0) is 15.1. The van der Waals surface area contributed by atoms with E-state index in [1.807, 2.05) is 30.3 Å². The lowest BCUT2D eigenvalue weighted by atomic mass is 10.3. The van der Waals surface area contributed by atoms with Gasteiger partial charge in [0.05, 0.1) is 6.54 Å². The molecule has 7 heteroatoms. The van der Waals surface area contributed by atoms with Gasteiger partial charge in [-0.3, -0.25) is 0 Å². The lowest BCUT2D eigenvalue weighted by Crippen LogP contribution is -2.28. The first-order valence-electron chi connectivity index (χ1n) is 6.52. The second kappa shape index (κ2) is 7.26. The largest absolute Gasteiger partial charge is 0.492 e. The van der Waals surface area contributed by atoms with E-state index in [2.05, 4.69) is 10.0 Å². The first-order chi connectivity index (χ1) is 10.1. The number of hydrogen-bond donors (Lipinski definition) is 2. The van der Waals surface area contributed by atoms with Crippen LogP contribution in [0.4, 0.5) is 0 Å². The molecule has 114 valence electrons. The SMILES string of the molecule is CNCc1ccc(S(=O)(=O)NCCOc2ccccc2)o1. The van der Waals surface area contributed by atoms with E-state index in [1.165, 1.54) is 6.07 Å². The molecule has 0 atom stereocenters. The highest BCUT2D eigenvalue weighted by molar-refractivity contribution is 7.89. The third-order valence-corrected chi connectivity index (χ3v) is 3.99. The van der Waals surface area contributed by atoms with Gasteiger partial charge in [0.15, 0.2) is 0 Å². The van der Waals surface area contributed by atoms with Crippen LogP contribution in [0.25, 0.3) is 0 Å². The van der Waals surface area contributed by atoms with Crippen LogP contribution in [0.1, 0.15) is 5.76 Å². The number of sulfonamides is 1. The van der Waals surface area contributed by atoms with Crippen molar-refractivity contribution >= 4 is 10.0 Å². The summed E-state index contributed by atoms with van der Waals surface area (Å²) in [7, 11) is -1.88. The smallest absolute Gasteiger partial charge is 0.274 e. The highest BCUT2D eigenvalue weighted by Gasteiger charge is 2.18. The number of rotatable bonds is 8. The van der Waals surface area contributed by atoms with Crippen LogP contribution in [0.3, 0.4) is 0 Å². The van der Waals surface area contributed by atoms with E-state index in [-0.39, 0.29) is 18.2 Å². The van der Waals surface area contributed by atoms with Crippen LogP contribution in [-0.2, 0) is 16.6 Å². The predicted octanol–water partition coefficient (Wildman–Crippen LogP) is 1.36. The minimum Gasteiger partial charge on any atom is -0.492 e. The lowest BCUT2D eigenvalue weighted by molar-refractivity contribution is 0.321. The first kappa shape index (κ1) is 15.6. The second-order valence-corrected chi connectivity index (χ2v) is 6.01. The van der Waals surface area contributed by atoms with Gasteiger partial charge in [-0.15, -0.1) is 0 Å². The molecule has 2 aromatic rings. The summed E-state index contributed by atoms with van der Waals surface area (Å²) in [5, 5.41) is 2.80. The van der Waals surface area contributed by atoms with E-state index in [0.717, 1.165) is 0 Å². The Morgan fingerprint density at radius 3 is 2.62 bits per heavy atom. The summed E-state index contributed by atoms with van der Waals surface area (Å²) in [6.45, 7) is 0.888. The van der Waals surface area contributed by atoms with Crippen molar-refractivity contribution in [2.45, 2.75) is 11.6 Å². The van der Waals surface area contributed by atoms with E-state index in [9.17, 15) is 8.42 Å². The fourth-order valence-corrected chi connectivity index (χ4v) is 2.66. The highest BCUT2D eigenvalue weighted by atomic mass is 32.2. The number of hydrogen-bond acceptors (Lipinski definition) is 5. The van der Waals surface area contributed by atoms with E-state index >= 15 is 0 Å². The summed E-state index contributed by atoms with van der Waals surface area (Å²) in [6.07, 6.45) is 0. The Labute approximate surface area is 124 Å². The van der Waals surface area contributed by atoms with E-state index in [0.29, 0.717) is 18.1 Å². The number of nitrogens with one attached hydrogen (secondary N) is 2. The van der Waals surface area contributed by atoms with Gasteiger partial charge in [0.1, 0.15) is 18.1 Å².